The van der Waals surface area contributed by atoms with E-state index >= 15 is 0 Å². The Bertz CT molecular complexity index is 1440. The molecule has 5 rings (SSSR count). The molecule has 0 spiro atoms. The summed E-state index contributed by atoms with van der Waals surface area (Å²) in [7, 11) is 1.59. The molecule has 0 unspecified atom stereocenters. The zero-order valence-electron chi connectivity index (χ0n) is 21.6. The van der Waals surface area contributed by atoms with E-state index in [2.05, 4.69) is 53.6 Å². The van der Waals surface area contributed by atoms with E-state index in [0.717, 1.165) is 39.4 Å². The van der Waals surface area contributed by atoms with Gasteiger partial charge in [-0.05, 0) is 66.1 Å². The minimum atomic E-state index is -0.130. The number of aryl methyl sites for hydroxylation is 1. The molecule has 1 aromatic heterocycles. The van der Waals surface area contributed by atoms with Crippen LogP contribution in [0.4, 0.5) is 5.69 Å². The van der Waals surface area contributed by atoms with Gasteiger partial charge < -0.3 is 19.5 Å². The molecule has 2 heterocycles. The van der Waals surface area contributed by atoms with Gasteiger partial charge in [-0.15, -0.1) is 0 Å². The first-order valence-electron chi connectivity index (χ1n) is 12.6. The van der Waals surface area contributed by atoms with E-state index in [4.69, 9.17) is 14.2 Å². The van der Waals surface area contributed by atoms with Crippen molar-refractivity contribution in [3.63, 3.8) is 0 Å². The molecule has 6 nitrogen and oxygen atoms in total. The average molecular weight is 507 g/mol. The Morgan fingerprint density at radius 3 is 2.58 bits per heavy atom. The van der Waals surface area contributed by atoms with Crippen LogP contribution >= 0.6 is 0 Å². The van der Waals surface area contributed by atoms with Crippen LogP contribution in [0.25, 0.3) is 17.2 Å². The molecule has 1 N–H and O–H groups in total. The highest BCUT2D eigenvalue weighted by molar-refractivity contribution is 6.07. The van der Waals surface area contributed by atoms with E-state index in [1.165, 1.54) is 5.56 Å². The number of anilines is 1. The van der Waals surface area contributed by atoms with Crippen molar-refractivity contribution in [2.45, 2.75) is 19.8 Å². The first-order valence-corrected chi connectivity index (χ1v) is 12.6. The number of pyridine rings is 1. The van der Waals surface area contributed by atoms with Crippen molar-refractivity contribution >= 4 is 17.7 Å². The summed E-state index contributed by atoms with van der Waals surface area (Å²) in [6, 6.07) is 26.0. The van der Waals surface area contributed by atoms with Crippen molar-refractivity contribution in [3.05, 3.63) is 113 Å². The van der Waals surface area contributed by atoms with Crippen LogP contribution in [0.2, 0.25) is 0 Å². The summed E-state index contributed by atoms with van der Waals surface area (Å²) >= 11 is 0. The standard InChI is InChI=1S/C32H30N2O4/c1-22-5-9-24(10-6-22)25-11-14-30-27(19-25)20-26(15-17-37-30)32(35)34-28-12-7-23(8-13-28)18-29-31(38-21-36-2)4-3-16-33-29/h3-14,16,19-20H,15,17-18,21H2,1-2H3,(H,34,35). The van der Waals surface area contributed by atoms with Gasteiger partial charge in [-0.1, -0.05) is 48.0 Å². The Labute approximate surface area is 222 Å². The van der Waals surface area contributed by atoms with Crippen LogP contribution in [0.1, 0.15) is 28.8 Å². The van der Waals surface area contributed by atoms with Crippen molar-refractivity contribution in [1.82, 2.24) is 4.98 Å². The number of aromatic nitrogens is 1. The van der Waals surface area contributed by atoms with Crippen molar-refractivity contribution in [1.29, 1.82) is 0 Å². The largest absolute Gasteiger partial charge is 0.493 e. The second-order valence-electron chi connectivity index (χ2n) is 9.21. The summed E-state index contributed by atoms with van der Waals surface area (Å²) in [5.41, 5.74) is 7.64. The molecule has 192 valence electrons. The molecule has 0 bridgehead atoms. The fraction of sp³-hybridized carbons (Fsp3) is 0.188. The second kappa shape index (κ2) is 11.8. The van der Waals surface area contributed by atoms with E-state index in [1.54, 1.807) is 13.3 Å². The lowest BCUT2D eigenvalue weighted by molar-refractivity contribution is -0.113. The minimum Gasteiger partial charge on any atom is -0.493 e. The zero-order chi connectivity index (χ0) is 26.3. The highest BCUT2D eigenvalue weighted by Gasteiger charge is 2.17. The highest BCUT2D eigenvalue weighted by atomic mass is 16.7. The van der Waals surface area contributed by atoms with Crippen LogP contribution in [0.3, 0.4) is 0 Å². The van der Waals surface area contributed by atoms with Crippen molar-refractivity contribution in [2.75, 3.05) is 25.8 Å². The zero-order valence-corrected chi connectivity index (χ0v) is 21.6. The molecule has 6 heteroatoms. The van der Waals surface area contributed by atoms with Gasteiger partial charge in [-0.2, -0.15) is 0 Å². The number of fused-ring (bicyclic) bond motifs is 1. The Morgan fingerprint density at radius 2 is 1.79 bits per heavy atom. The number of carbonyl (C=O) groups excluding carboxylic acids is 1. The van der Waals surface area contributed by atoms with Crippen LogP contribution in [-0.4, -0.2) is 31.4 Å². The van der Waals surface area contributed by atoms with Gasteiger partial charge in [0.25, 0.3) is 5.91 Å². The molecule has 1 aliphatic rings. The van der Waals surface area contributed by atoms with E-state index < -0.39 is 0 Å². The fourth-order valence-electron chi connectivity index (χ4n) is 4.35. The number of amides is 1. The monoisotopic (exact) mass is 506 g/mol. The maximum absolute atomic E-state index is 13.2. The number of nitrogens with zero attached hydrogens (tertiary/aromatic N) is 1. The molecule has 1 aliphatic heterocycles. The molecule has 1 amide bonds. The SMILES string of the molecule is COCOc1cccnc1Cc1ccc(NC(=O)C2=Cc3cc(-c4ccc(C)cc4)ccc3OCC2)cc1. The number of benzene rings is 3. The molecule has 3 aromatic carbocycles. The third-order valence-corrected chi connectivity index (χ3v) is 6.41. The van der Waals surface area contributed by atoms with Crippen molar-refractivity contribution in [2.24, 2.45) is 0 Å². The lowest BCUT2D eigenvalue weighted by atomic mass is 10.00. The van der Waals surface area contributed by atoms with E-state index in [0.29, 0.717) is 30.8 Å². The number of rotatable bonds is 8. The van der Waals surface area contributed by atoms with E-state index in [-0.39, 0.29) is 12.7 Å². The summed E-state index contributed by atoms with van der Waals surface area (Å²) in [6.45, 7) is 2.69. The summed E-state index contributed by atoms with van der Waals surface area (Å²) in [5, 5.41) is 3.03. The van der Waals surface area contributed by atoms with Crippen molar-refractivity contribution < 1.29 is 19.0 Å². The van der Waals surface area contributed by atoms with Gasteiger partial charge >= 0.3 is 0 Å². The van der Waals surface area contributed by atoms with E-state index in [9.17, 15) is 4.79 Å². The molecule has 0 atom stereocenters. The molecule has 0 radical (unpaired) electrons. The van der Waals surface area contributed by atoms with Gasteiger partial charge in [0.1, 0.15) is 11.5 Å². The maximum atomic E-state index is 13.2. The Balaban J connectivity index is 1.29. The smallest absolute Gasteiger partial charge is 0.251 e. The van der Waals surface area contributed by atoms with Crippen LogP contribution < -0.4 is 14.8 Å². The van der Waals surface area contributed by atoms with Crippen molar-refractivity contribution in [3.8, 4) is 22.6 Å². The number of nitrogens with one attached hydrogen (secondary N) is 1. The number of hydrogen-bond donors (Lipinski definition) is 1. The minimum absolute atomic E-state index is 0.130. The average Bonchev–Trinajstić information content (AvgIpc) is 3.16. The quantitative estimate of drug-likeness (QED) is 0.279. The Hall–Kier alpha value is -4.42. The second-order valence-corrected chi connectivity index (χ2v) is 9.21. The number of hydrogen-bond acceptors (Lipinski definition) is 5. The summed E-state index contributed by atoms with van der Waals surface area (Å²) in [6.07, 6.45) is 4.82. The van der Waals surface area contributed by atoms with Crippen LogP contribution in [0, 0.1) is 6.92 Å². The molecule has 0 saturated heterocycles. The molecule has 4 aromatic rings. The summed E-state index contributed by atoms with van der Waals surface area (Å²) in [4.78, 5) is 17.6. The third-order valence-electron chi connectivity index (χ3n) is 6.41. The molecule has 0 saturated carbocycles. The predicted octanol–water partition coefficient (Wildman–Crippen LogP) is 6.44. The maximum Gasteiger partial charge on any atom is 0.251 e. The van der Waals surface area contributed by atoms with Crippen LogP contribution in [0.5, 0.6) is 11.5 Å². The lowest BCUT2D eigenvalue weighted by Gasteiger charge is -2.11. The molecule has 0 fully saturated rings. The van der Waals surface area contributed by atoms with Gasteiger partial charge in [0.2, 0.25) is 0 Å². The summed E-state index contributed by atoms with van der Waals surface area (Å²) < 4.78 is 16.6. The molecular weight excluding hydrogens is 476 g/mol. The van der Waals surface area contributed by atoms with Gasteiger partial charge in [-0.25, -0.2) is 0 Å². The van der Waals surface area contributed by atoms with Crippen LogP contribution in [-0.2, 0) is 16.0 Å². The van der Waals surface area contributed by atoms with E-state index in [1.807, 2.05) is 48.5 Å². The first kappa shape index (κ1) is 25.2. The van der Waals surface area contributed by atoms with Gasteiger partial charge in [-0.3, -0.25) is 9.78 Å². The van der Waals surface area contributed by atoms with Gasteiger partial charge in [0.15, 0.2) is 6.79 Å². The first-order chi connectivity index (χ1) is 18.6. The van der Waals surface area contributed by atoms with Gasteiger partial charge in [0, 0.05) is 43.0 Å². The topological polar surface area (TPSA) is 69.7 Å². The Kier molecular flexibility index (Phi) is 7.81. The number of methoxy groups -OCH3 is 1. The van der Waals surface area contributed by atoms with Crippen LogP contribution in [0.15, 0.2) is 90.6 Å². The molecule has 0 aliphatic carbocycles. The van der Waals surface area contributed by atoms with Gasteiger partial charge in [0.05, 0.1) is 12.3 Å². The lowest BCUT2D eigenvalue weighted by Crippen LogP contribution is -2.15. The highest BCUT2D eigenvalue weighted by Crippen LogP contribution is 2.31. The molecule has 38 heavy (non-hydrogen) atoms. The number of ether oxygens (including phenoxy) is 3. The molecular formula is C32H30N2O4. The summed E-state index contributed by atoms with van der Waals surface area (Å²) in [5.74, 6) is 1.35. The predicted molar refractivity (Wildman–Crippen MR) is 149 cm³/mol. The number of carbonyl (C=O) groups is 1. The normalized spacial score (nSPS) is 12.5. The fourth-order valence-corrected chi connectivity index (χ4v) is 4.35. The third kappa shape index (κ3) is 6.10. The Morgan fingerprint density at radius 1 is 1.00 bits per heavy atom.